The fourth-order valence-corrected chi connectivity index (χ4v) is 2.82. The lowest BCUT2D eigenvalue weighted by atomic mass is 10.2. The Morgan fingerprint density at radius 3 is 2.71 bits per heavy atom. The van der Waals surface area contributed by atoms with Gasteiger partial charge in [-0.05, 0) is 24.3 Å². The SMILES string of the molecule is CN(Cc1nccn1C)c1nc(-c2ccc(F)cc2)cs1. The second-order valence-corrected chi connectivity index (χ2v) is 5.67. The molecule has 0 saturated carbocycles. The van der Waals surface area contributed by atoms with Gasteiger partial charge in [0.05, 0.1) is 12.2 Å². The molecule has 1 aromatic carbocycles. The molecule has 0 saturated heterocycles. The van der Waals surface area contributed by atoms with Gasteiger partial charge >= 0.3 is 0 Å². The molecule has 21 heavy (non-hydrogen) atoms. The van der Waals surface area contributed by atoms with Gasteiger partial charge in [-0.25, -0.2) is 14.4 Å². The van der Waals surface area contributed by atoms with Gasteiger partial charge in [0, 0.05) is 37.4 Å². The van der Waals surface area contributed by atoms with E-state index in [2.05, 4.69) is 14.9 Å². The third-order valence-electron chi connectivity index (χ3n) is 3.26. The van der Waals surface area contributed by atoms with Crippen molar-refractivity contribution in [3.63, 3.8) is 0 Å². The number of hydrogen-bond acceptors (Lipinski definition) is 4. The lowest BCUT2D eigenvalue weighted by molar-refractivity contribution is 0.628. The van der Waals surface area contributed by atoms with Crippen molar-refractivity contribution in [2.24, 2.45) is 7.05 Å². The molecule has 0 unspecified atom stereocenters. The van der Waals surface area contributed by atoms with Crippen molar-refractivity contribution in [3.8, 4) is 11.3 Å². The minimum absolute atomic E-state index is 0.235. The van der Waals surface area contributed by atoms with E-state index < -0.39 is 0 Å². The Kier molecular flexibility index (Phi) is 3.70. The smallest absolute Gasteiger partial charge is 0.186 e. The molecule has 0 radical (unpaired) electrons. The molecule has 0 aliphatic rings. The molecule has 0 aliphatic heterocycles. The lowest BCUT2D eigenvalue weighted by Crippen LogP contribution is -2.18. The van der Waals surface area contributed by atoms with Gasteiger partial charge in [-0.15, -0.1) is 11.3 Å². The van der Waals surface area contributed by atoms with Gasteiger partial charge in [0.2, 0.25) is 0 Å². The highest BCUT2D eigenvalue weighted by atomic mass is 32.1. The van der Waals surface area contributed by atoms with Crippen molar-refractivity contribution >= 4 is 16.5 Å². The monoisotopic (exact) mass is 302 g/mol. The van der Waals surface area contributed by atoms with Gasteiger partial charge in [0.15, 0.2) is 5.13 Å². The molecule has 2 aromatic heterocycles. The van der Waals surface area contributed by atoms with E-state index in [9.17, 15) is 4.39 Å². The number of nitrogens with zero attached hydrogens (tertiary/aromatic N) is 4. The Labute approximate surface area is 126 Å². The van der Waals surface area contributed by atoms with E-state index in [1.807, 2.05) is 30.2 Å². The quantitative estimate of drug-likeness (QED) is 0.741. The average Bonchev–Trinajstić information content (AvgIpc) is 3.10. The van der Waals surface area contributed by atoms with Crippen LogP contribution in [0.15, 0.2) is 42.0 Å². The van der Waals surface area contributed by atoms with Crippen molar-refractivity contribution in [3.05, 3.63) is 53.7 Å². The van der Waals surface area contributed by atoms with E-state index >= 15 is 0 Å². The minimum Gasteiger partial charge on any atom is -0.344 e. The van der Waals surface area contributed by atoms with Crippen LogP contribution in [-0.2, 0) is 13.6 Å². The second kappa shape index (κ2) is 5.65. The number of halogens is 1. The van der Waals surface area contributed by atoms with E-state index in [1.54, 1.807) is 29.7 Å². The van der Waals surface area contributed by atoms with Crippen molar-refractivity contribution in [1.82, 2.24) is 14.5 Å². The van der Waals surface area contributed by atoms with Crippen LogP contribution in [0, 0.1) is 5.82 Å². The highest BCUT2D eigenvalue weighted by Gasteiger charge is 2.11. The van der Waals surface area contributed by atoms with Crippen LogP contribution in [0.25, 0.3) is 11.3 Å². The predicted octanol–water partition coefficient (Wildman–Crippen LogP) is 3.32. The van der Waals surface area contributed by atoms with Gasteiger partial charge < -0.3 is 9.47 Å². The van der Waals surface area contributed by atoms with Crippen LogP contribution in [0.3, 0.4) is 0 Å². The fraction of sp³-hybridized carbons (Fsp3) is 0.200. The Balaban J connectivity index is 1.78. The molecular formula is C15H15FN4S. The summed E-state index contributed by atoms with van der Waals surface area (Å²) in [7, 11) is 3.96. The molecule has 3 aromatic rings. The second-order valence-electron chi connectivity index (χ2n) is 4.83. The number of rotatable bonds is 4. The van der Waals surface area contributed by atoms with Gasteiger partial charge in [0.1, 0.15) is 11.6 Å². The Morgan fingerprint density at radius 1 is 1.29 bits per heavy atom. The van der Waals surface area contributed by atoms with Crippen molar-refractivity contribution in [1.29, 1.82) is 0 Å². The summed E-state index contributed by atoms with van der Waals surface area (Å²) in [5.74, 6) is 0.747. The van der Waals surface area contributed by atoms with Crippen molar-refractivity contribution in [2.45, 2.75) is 6.54 Å². The molecule has 0 bridgehead atoms. The third kappa shape index (κ3) is 2.95. The topological polar surface area (TPSA) is 34.0 Å². The molecule has 2 heterocycles. The Bertz CT molecular complexity index is 732. The van der Waals surface area contributed by atoms with Gasteiger partial charge in [-0.2, -0.15) is 0 Å². The number of thiazole rings is 1. The van der Waals surface area contributed by atoms with Crippen LogP contribution >= 0.6 is 11.3 Å². The number of anilines is 1. The first-order chi connectivity index (χ1) is 10.1. The normalized spacial score (nSPS) is 10.8. The maximum Gasteiger partial charge on any atom is 0.186 e. The molecule has 108 valence electrons. The van der Waals surface area contributed by atoms with E-state index in [4.69, 9.17) is 0 Å². The van der Waals surface area contributed by atoms with Crippen molar-refractivity contribution in [2.75, 3.05) is 11.9 Å². The summed E-state index contributed by atoms with van der Waals surface area (Å²) in [4.78, 5) is 11.0. The van der Waals surface area contributed by atoms with Gasteiger partial charge in [0.25, 0.3) is 0 Å². The molecule has 3 rings (SSSR count). The predicted molar refractivity (Wildman–Crippen MR) is 82.8 cm³/mol. The van der Waals surface area contributed by atoms with E-state index in [1.165, 1.54) is 12.1 Å². The Hall–Kier alpha value is -2.21. The number of aryl methyl sites for hydroxylation is 1. The molecule has 0 N–H and O–H groups in total. The third-order valence-corrected chi connectivity index (χ3v) is 4.21. The van der Waals surface area contributed by atoms with Crippen LogP contribution in [0.4, 0.5) is 9.52 Å². The van der Waals surface area contributed by atoms with E-state index in [0.29, 0.717) is 6.54 Å². The first-order valence-corrected chi connectivity index (χ1v) is 7.40. The molecule has 6 heteroatoms. The summed E-state index contributed by atoms with van der Waals surface area (Å²) in [6.07, 6.45) is 3.71. The molecule has 4 nitrogen and oxygen atoms in total. The van der Waals surface area contributed by atoms with E-state index in [-0.39, 0.29) is 5.82 Å². The maximum absolute atomic E-state index is 13.0. The fourth-order valence-electron chi connectivity index (χ4n) is 2.02. The minimum atomic E-state index is -0.235. The Morgan fingerprint density at radius 2 is 2.05 bits per heavy atom. The van der Waals surface area contributed by atoms with Gasteiger partial charge in [-0.1, -0.05) is 0 Å². The molecule has 0 aliphatic carbocycles. The van der Waals surface area contributed by atoms with E-state index in [0.717, 1.165) is 22.2 Å². The average molecular weight is 302 g/mol. The lowest BCUT2D eigenvalue weighted by Gasteiger charge is -2.15. The number of imidazole rings is 1. The standard InChI is InChI=1S/C15H15FN4S/c1-19-8-7-17-14(19)9-20(2)15-18-13(10-21-15)11-3-5-12(16)6-4-11/h3-8,10H,9H2,1-2H3. The molecule has 0 atom stereocenters. The first-order valence-electron chi connectivity index (χ1n) is 6.52. The van der Waals surface area contributed by atoms with Crippen LogP contribution < -0.4 is 4.90 Å². The number of aromatic nitrogens is 3. The van der Waals surface area contributed by atoms with Gasteiger partial charge in [-0.3, -0.25) is 0 Å². The summed E-state index contributed by atoms with van der Waals surface area (Å²) in [5, 5.41) is 2.90. The molecule has 0 spiro atoms. The summed E-state index contributed by atoms with van der Waals surface area (Å²) in [6.45, 7) is 0.694. The van der Waals surface area contributed by atoms with Crippen LogP contribution in [0.1, 0.15) is 5.82 Å². The van der Waals surface area contributed by atoms with Crippen LogP contribution in [0.5, 0.6) is 0 Å². The highest BCUT2D eigenvalue weighted by Crippen LogP contribution is 2.27. The number of hydrogen-bond donors (Lipinski definition) is 0. The first kappa shape index (κ1) is 13.8. The largest absolute Gasteiger partial charge is 0.344 e. The summed E-state index contributed by atoms with van der Waals surface area (Å²) in [6, 6.07) is 6.39. The zero-order valence-corrected chi connectivity index (χ0v) is 12.6. The number of benzene rings is 1. The summed E-state index contributed by atoms with van der Waals surface area (Å²) >= 11 is 1.57. The molecule has 0 amide bonds. The van der Waals surface area contributed by atoms with Crippen molar-refractivity contribution < 1.29 is 4.39 Å². The zero-order valence-electron chi connectivity index (χ0n) is 11.8. The van der Waals surface area contributed by atoms with Crippen LogP contribution in [-0.4, -0.2) is 21.6 Å². The molecular weight excluding hydrogens is 287 g/mol. The highest BCUT2D eigenvalue weighted by molar-refractivity contribution is 7.14. The molecule has 0 fully saturated rings. The summed E-state index contributed by atoms with van der Waals surface area (Å²) < 4.78 is 14.9. The zero-order chi connectivity index (χ0) is 14.8. The van der Waals surface area contributed by atoms with Crippen LogP contribution in [0.2, 0.25) is 0 Å². The maximum atomic E-state index is 13.0. The summed E-state index contributed by atoms with van der Waals surface area (Å²) in [5.41, 5.74) is 1.78.